The normalized spacial score (nSPS) is 10.4. The fourth-order valence-electron chi connectivity index (χ4n) is 1.47. The summed E-state index contributed by atoms with van der Waals surface area (Å²) in [6, 6.07) is 3.56. The van der Waals surface area contributed by atoms with Crippen molar-refractivity contribution in [3.8, 4) is 0 Å². The average Bonchev–Trinajstić information content (AvgIpc) is 2.34. The summed E-state index contributed by atoms with van der Waals surface area (Å²) in [6.45, 7) is 1.74. The van der Waals surface area contributed by atoms with E-state index in [1.807, 2.05) is 26.0 Å². The van der Waals surface area contributed by atoms with Gasteiger partial charge in [0, 0.05) is 33.4 Å². The molecule has 0 radical (unpaired) electrons. The van der Waals surface area contributed by atoms with Gasteiger partial charge >= 0.3 is 0 Å². The molecule has 0 saturated carbocycles. The number of carbonyl (C=O) groups excluding carboxylic acids is 1. The van der Waals surface area contributed by atoms with E-state index in [9.17, 15) is 4.79 Å². The third kappa shape index (κ3) is 3.71. The molecule has 1 aromatic heterocycles. The Hall–Kier alpha value is -1.62. The maximum atomic E-state index is 11.7. The lowest BCUT2D eigenvalue weighted by Crippen LogP contribution is -2.31. The van der Waals surface area contributed by atoms with Gasteiger partial charge in [-0.15, -0.1) is 0 Å². The molecule has 1 amide bonds. The molecule has 17 heavy (non-hydrogen) atoms. The number of carbonyl (C=O) groups is 1. The lowest BCUT2D eigenvalue weighted by atomic mass is 10.2. The second-order valence-electron chi connectivity index (χ2n) is 4.18. The number of aromatic nitrogens is 1. The van der Waals surface area contributed by atoms with Gasteiger partial charge in [0.1, 0.15) is 5.82 Å². The number of amides is 1. The smallest absolute Gasteiger partial charge is 0.254 e. The minimum Gasteiger partial charge on any atom is -0.358 e. The highest BCUT2D eigenvalue weighted by atomic mass is 16.1. The summed E-state index contributed by atoms with van der Waals surface area (Å²) in [5.41, 5.74) is 0.608. The molecule has 0 fully saturated rings. The van der Waals surface area contributed by atoms with Gasteiger partial charge in [-0.25, -0.2) is 4.98 Å². The first-order valence-corrected chi connectivity index (χ1v) is 5.59. The van der Waals surface area contributed by atoms with E-state index < -0.39 is 0 Å². The first-order chi connectivity index (χ1) is 8.06. The molecule has 94 valence electrons. The highest BCUT2D eigenvalue weighted by Crippen LogP contribution is 2.15. The average molecular weight is 236 g/mol. The summed E-state index contributed by atoms with van der Waals surface area (Å²) in [7, 11) is 7.61. The number of nitrogens with zero attached hydrogens (tertiary/aromatic N) is 3. The number of likely N-dealkylation sites (N-methyl/N-ethyl adjacent to an activating group) is 2. The standard InChI is InChI=1S/C12H20N4O/c1-13-12(17)10-6-5-7-14-11(10)16(4)9-8-15(2)3/h5-7H,8-9H2,1-4H3,(H,13,17). The highest BCUT2D eigenvalue weighted by Gasteiger charge is 2.13. The SMILES string of the molecule is CNC(=O)c1cccnc1N(C)CCN(C)C. The van der Waals surface area contributed by atoms with Gasteiger partial charge in [-0.1, -0.05) is 0 Å². The van der Waals surface area contributed by atoms with Crippen LogP contribution in [0.3, 0.4) is 0 Å². The molecule has 1 rings (SSSR count). The van der Waals surface area contributed by atoms with Crippen molar-refractivity contribution in [3.05, 3.63) is 23.9 Å². The van der Waals surface area contributed by atoms with Gasteiger partial charge < -0.3 is 15.1 Å². The number of hydrogen-bond acceptors (Lipinski definition) is 4. The third-order valence-electron chi connectivity index (χ3n) is 2.50. The van der Waals surface area contributed by atoms with E-state index in [2.05, 4.69) is 15.2 Å². The van der Waals surface area contributed by atoms with Crippen LogP contribution in [0.2, 0.25) is 0 Å². The van der Waals surface area contributed by atoms with Gasteiger partial charge in [-0.3, -0.25) is 4.79 Å². The van der Waals surface area contributed by atoms with Gasteiger partial charge in [0.05, 0.1) is 5.56 Å². The Bertz CT molecular complexity index is 379. The topological polar surface area (TPSA) is 48.5 Å². The number of anilines is 1. The molecule has 0 spiro atoms. The Morgan fingerprint density at radius 2 is 2.06 bits per heavy atom. The molecule has 0 aliphatic carbocycles. The van der Waals surface area contributed by atoms with Crippen LogP contribution in [0.1, 0.15) is 10.4 Å². The van der Waals surface area contributed by atoms with Gasteiger partial charge in [0.15, 0.2) is 0 Å². The molecule has 5 nitrogen and oxygen atoms in total. The van der Waals surface area contributed by atoms with Crippen molar-refractivity contribution in [3.63, 3.8) is 0 Å². The Balaban J connectivity index is 2.85. The Kier molecular flexibility index (Phi) is 4.90. The van der Waals surface area contributed by atoms with Crippen LogP contribution >= 0.6 is 0 Å². The zero-order valence-corrected chi connectivity index (χ0v) is 10.9. The Morgan fingerprint density at radius 1 is 1.35 bits per heavy atom. The number of rotatable bonds is 5. The molecule has 0 saturated heterocycles. The van der Waals surface area contributed by atoms with Crippen LogP contribution in [0.25, 0.3) is 0 Å². The van der Waals surface area contributed by atoms with Crippen molar-refractivity contribution >= 4 is 11.7 Å². The summed E-state index contributed by atoms with van der Waals surface area (Å²) in [6.07, 6.45) is 1.70. The molecule has 1 N–H and O–H groups in total. The Labute approximate surface area is 102 Å². The largest absolute Gasteiger partial charge is 0.358 e. The van der Waals surface area contributed by atoms with Gasteiger partial charge in [0.25, 0.3) is 5.91 Å². The molecule has 0 aliphatic heterocycles. The van der Waals surface area contributed by atoms with Gasteiger partial charge in [0.2, 0.25) is 0 Å². The summed E-state index contributed by atoms with van der Waals surface area (Å²) < 4.78 is 0. The molecular formula is C12H20N4O. The van der Waals surface area contributed by atoms with E-state index in [4.69, 9.17) is 0 Å². The third-order valence-corrected chi connectivity index (χ3v) is 2.50. The zero-order valence-electron chi connectivity index (χ0n) is 10.9. The van der Waals surface area contributed by atoms with E-state index >= 15 is 0 Å². The zero-order chi connectivity index (χ0) is 12.8. The Morgan fingerprint density at radius 3 is 2.65 bits per heavy atom. The summed E-state index contributed by atoms with van der Waals surface area (Å²) in [4.78, 5) is 20.0. The molecular weight excluding hydrogens is 216 g/mol. The number of hydrogen-bond donors (Lipinski definition) is 1. The van der Waals surface area contributed by atoms with Crippen LogP contribution in [-0.4, -0.2) is 57.1 Å². The first kappa shape index (κ1) is 13.4. The fourth-order valence-corrected chi connectivity index (χ4v) is 1.47. The maximum Gasteiger partial charge on any atom is 0.254 e. The van der Waals surface area contributed by atoms with Crippen LogP contribution in [0.5, 0.6) is 0 Å². The van der Waals surface area contributed by atoms with Crippen LogP contribution in [0.15, 0.2) is 18.3 Å². The fraction of sp³-hybridized carbons (Fsp3) is 0.500. The van der Waals surface area contributed by atoms with Crippen molar-refractivity contribution in [2.24, 2.45) is 0 Å². The highest BCUT2D eigenvalue weighted by molar-refractivity contribution is 5.98. The molecule has 0 unspecified atom stereocenters. The summed E-state index contributed by atoms with van der Waals surface area (Å²) in [5.74, 6) is 0.610. The van der Waals surface area contributed by atoms with Crippen LogP contribution in [0, 0.1) is 0 Å². The molecule has 5 heteroatoms. The van der Waals surface area contributed by atoms with Crippen molar-refractivity contribution < 1.29 is 4.79 Å². The van der Waals surface area contributed by atoms with Crippen LogP contribution < -0.4 is 10.2 Å². The predicted molar refractivity (Wildman–Crippen MR) is 69.5 cm³/mol. The van der Waals surface area contributed by atoms with E-state index in [1.165, 1.54) is 0 Å². The second-order valence-corrected chi connectivity index (χ2v) is 4.18. The van der Waals surface area contributed by atoms with E-state index in [0.29, 0.717) is 11.4 Å². The van der Waals surface area contributed by atoms with Crippen molar-refractivity contribution in [2.45, 2.75) is 0 Å². The summed E-state index contributed by atoms with van der Waals surface area (Å²) in [5, 5.41) is 2.63. The van der Waals surface area contributed by atoms with Crippen molar-refractivity contribution in [2.75, 3.05) is 46.2 Å². The molecule has 0 bridgehead atoms. The summed E-state index contributed by atoms with van der Waals surface area (Å²) >= 11 is 0. The number of nitrogens with one attached hydrogen (secondary N) is 1. The quantitative estimate of drug-likeness (QED) is 0.806. The van der Waals surface area contributed by atoms with Crippen LogP contribution in [-0.2, 0) is 0 Å². The molecule has 0 atom stereocenters. The van der Waals surface area contributed by atoms with Crippen molar-refractivity contribution in [1.29, 1.82) is 0 Å². The number of pyridine rings is 1. The van der Waals surface area contributed by atoms with Crippen LogP contribution in [0.4, 0.5) is 5.82 Å². The van der Waals surface area contributed by atoms with E-state index in [1.54, 1.807) is 25.4 Å². The van der Waals surface area contributed by atoms with Gasteiger partial charge in [-0.05, 0) is 26.2 Å². The van der Waals surface area contributed by atoms with E-state index in [0.717, 1.165) is 13.1 Å². The second kappa shape index (κ2) is 6.20. The minimum absolute atomic E-state index is 0.107. The van der Waals surface area contributed by atoms with Crippen molar-refractivity contribution in [1.82, 2.24) is 15.2 Å². The monoisotopic (exact) mass is 236 g/mol. The molecule has 1 heterocycles. The molecule has 0 aromatic carbocycles. The molecule has 0 aliphatic rings. The molecule has 1 aromatic rings. The van der Waals surface area contributed by atoms with E-state index in [-0.39, 0.29) is 5.91 Å². The lowest BCUT2D eigenvalue weighted by molar-refractivity contribution is 0.0963. The first-order valence-electron chi connectivity index (χ1n) is 5.59. The lowest BCUT2D eigenvalue weighted by Gasteiger charge is -2.22. The predicted octanol–water partition coefficient (Wildman–Crippen LogP) is 0.439. The van der Waals surface area contributed by atoms with Gasteiger partial charge in [-0.2, -0.15) is 0 Å². The minimum atomic E-state index is -0.107. The maximum absolute atomic E-state index is 11.7.